The molecular weight excluding hydrogens is 267 g/mol. The molecule has 1 aromatic carbocycles. The second kappa shape index (κ2) is 4.30. The van der Waals surface area contributed by atoms with Gasteiger partial charge in [-0.15, -0.1) is 0 Å². The molecule has 0 N–H and O–H groups in total. The standard InChI is InChI=1S/C10H4Cl2N2OS/c11-8-9(12)14(16-10(8)15)7-4-2-1-3-6(7)5-13/h1-4H. The van der Waals surface area contributed by atoms with E-state index in [9.17, 15) is 4.79 Å². The van der Waals surface area contributed by atoms with Crippen LogP contribution in [-0.4, -0.2) is 3.96 Å². The minimum atomic E-state index is -0.320. The fraction of sp³-hybridized carbons (Fsp3) is 0. The van der Waals surface area contributed by atoms with Crippen LogP contribution in [-0.2, 0) is 0 Å². The summed E-state index contributed by atoms with van der Waals surface area (Å²) in [5, 5.41) is 9.06. The average molecular weight is 271 g/mol. The minimum Gasteiger partial charge on any atom is -0.274 e. The highest BCUT2D eigenvalue weighted by atomic mass is 35.5. The van der Waals surface area contributed by atoms with Gasteiger partial charge in [-0.2, -0.15) is 5.26 Å². The first-order valence-electron chi connectivity index (χ1n) is 4.22. The van der Waals surface area contributed by atoms with E-state index in [4.69, 9.17) is 28.5 Å². The predicted molar refractivity (Wildman–Crippen MR) is 64.7 cm³/mol. The maximum atomic E-state index is 11.3. The molecule has 3 nitrogen and oxygen atoms in total. The van der Waals surface area contributed by atoms with Crippen LogP contribution in [0, 0.1) is 11.3 Å². The quantitative estimate of drug-likeness (QED) is 0.800. The first kappa shape index (κ1) is 11.2. The lowest BCUT2D eigenvalue weighted by molar-refractivity contribution is 1.19. The molecular formula is C10H4Cl2N2OS. The van der Waals surface area contributed by atoms with Gasteiger partial charge >= 0.3 is 0 Å². The normalized spacial score (nSPS) is 10.1. The lowest BCUT2D eigenvalue weighted by Crippen LogP contribution is -1.93. The molecule has 0 aliphatic heterocycles. The summed E-state index contributed by atoms with van der Waals surface area (Å²) in [5.74, 6) is 0. The maximum Gasteiger partial charge on any atom is 0.270 e. The Hall–Kier alpha value is -1.28. The maximum absolute atomic E-state index is 11.3. The minimum absolute atomic E-state index is 0.0144. The third-order valence-electron chi connectivity index (χ3n) is 1.96. The van der Waals surface area contributed by atoms with E-state index in [0.29, 0.717) is 11.3 Å². The van der Waals surface area contributed by atoms with E-state index in [1.165, 1.54) is 3.96 Å². The molecule has 0 spiro atoms. The van der Waals surface area contributed by atoms with E-state index >= 15 is 0 Å². The van der Waals surface area contributed by atoms with Crippen LogP contribution >= 0.6 is 34.7 Å². The van der Waals surface area contributed by atoms with Gasteiger partial charge in [0.05, 0.1) is 11.3 Å². The monoisotopic (exact) mass is 270 g/mol. The van der Waals surface area contributed by atoms with E-state index < -0.39 is 0 Å². The Morgan fingerprint density at radius 3 is 2.56 bits per heavy atom. The first-order valence-corrected chi connectivity index (χ1v) is 5.75. The molecule has 0 radical (unpaired) electrons. The zero-order valence-electron chi connectivity index (χ0n) is 7.78. The summed E-state index contributed by atoms with van der Waals surface area (Å²) in [7, 11) is 0. The number of benzene rings is 1. The van der Waals surface area contributed by atoms with Crippen molar-refractivity contribution < 1.29 is 0 Å². The first-order chi connectivity index (χ1) is 7.65. The molecule has 0 aliphatic rings. The van der Waals surface area contributed by atoms with Crippen LogP contribution in [0.5, 0.6) is 0 Å². The van der Waals surface area contributed by atoms with Crippen molar-refractivity contribution in [2.24, 2.45) is 0 Å². The van der Waals surface area contributed by atoms with Crippen molar-refractivity contribution in [3.63, 3.8) is 0 Å². The van der Waals surface area contributed by atoms with Crippen LogP contribution in [0.3, 0.4) is 0 Å². The van der Waals surface area contributed by atoms with E-state index in [2.05, 4.69) is 0 Å². The van der Waals surface area contributed by atoms with Gasteiger partial charge in [0.1, 0.15) is 16.2 Å². The summed E-state index contributed by atoms with van der Waals surface area (Å²) < 4.78 is 1.13. The zero-order chi connectivity index (χ0) is 11.7. The molecule has 0 atom stereocenters. The third-order valence-corrected chi connectivity index (χ3v) is 3.91. The Morgan fingerprint density at radius 1 is 1.31 bits per heavy atom. The van der Waals surface area contributed by atoms with E-state index in [-0.39, 0.29) is 14.9 Å². The van der Waals surface area contributed by atoms with Gasteiger partial charge in [-0.25, -0.2) is 3.96 Å². The molecule has 6 heteroatoms. The molecule has 16 heavy (non-hydrogen) atoms. The molecule has 1 heterocycles. The molecule has 0 saturated carbocycles. The van der Waals surface area contributed by atoms with Crippen molar-refractivity contribution in [1.82, 2.24) is 3.96 Å². The Balaban J connectivity index is 2.74. The van der Waals surface area contributed by atoms with E-state index in [1.807, 2.05) is 6.07 Å². The highest BCUT2D eigenvalue weighted by Gasteiger charge is 2.14. The zero-order valence-corrected chi connectivity index (χ0v) is 10.1. The summed E-state index contributed by atoms with van der Waals surface area (Å²) in [6.07, 6.45) is 0. The second-order valence-corrected chi connectivity index (χ2v) is 4.56. The van der Waals surface area contributed by atoms with Crippen LogP contribution in [0.15, 0.2) is 29.1 Å². The van der Waals surface area contributed by atoms with E-state index in [1.54, 1.807) is 24.3 Å². The highest BCUT2D eigenvalue weighted by molar-refractivity contribution is 7.05. The number of rotatable bonds is 1. The lowest BCUT2D eigenvalue weighted by atomic mass is 10.2. The van der Waals surface area contributed by atoms with Crippen LogP contribution in [0.1, 0.15) is 5.56 Å². The Labute approximate surface area is 105 Å². The summed E-state index contributed by atoms with van der Waals surface area (Å²) in [5.41, 5.74) is 0.997. The average Bonchev–Trinajstić information content (AvgIpc) is 2.57. The van der Waals surface area contributed by atoms with Crippen LogP contribution in [0.4, 0.5) is 0 Å². The molecule has 2 aromatic rings. The highest BCUT2D eigenvalue weighted by Crippen LogP contribution is 2.26. The van der Waals surface area contributed by atoms with Gasteiger partial charge in [-0.3, -0.25) is 4.79 Å². The molecule has 0 unspecified atom stereocenters. The second-order valence-electron chi connectivity index (χ2n) is 2.91. The largest absolute Gasteiger partial charge is 0.274 e. The Kier molecular flexibility index (Phi) is 3.01. The molecule has 0 bridgehead atoms. The number of nitriles is 1. The van der Waals surface area contributed by atoms with Crippen LogP contribution in [0.25, 0.3) is 5.69 Å². The molecule has 0 saturated heterocycles. The van der Waals surface area contributed by atoms with Crippen molar-refractivity contribution in [2.45, 2.75) is 0 Å². The Morgan fingerprint density at radius 2 is 2.00 bits per heavy atom. The van der Waals surface area contributed by atoms with Crippen molar-refractivity contribution >= 4 is 34.7 Å². The van der Waals surface area contributed by atoms with Crippen molar-refractivity contribution in [3.05, 3.63) is 49.5 Å². The summed E-state index contributed by atoms with van der Waals surface area (Å²) in [6, 6.07) is 8.89. The van der Waals surface area contributed by atoms with Gasteiger partial charge in [-0.05, 0) is 23.7 Å². The number of aromatic nitrogens is 1. The van der Waals surface area contributed by atoms with Gasteiger partial charge in [0, 0.05) is 0 Å². The summed E-state index contributed by atoms with van der Waals surface area (Å²) >= 11 is 12.5. The molecule has 0 amide bonds. The van der Waals surface area contributed by atoms with Crippen molar-refractivity contribution in [2.75, 3.05) is 0 Å². The Bertz CT molecular complexity index is 639. The fourth-order valence-corrected chi connectivity index (χ4v) is 2.58. The third kappa shape index (κ3) is 1.74. The van der Waals surface area contributed by atoms with Gasteiger partial charge in [-0.1, -0.05) is 35.3 Å². The molecule has 0 fully saturated rings. The van der Waals surface area contributed by atoms with Crippen LogP contribution in [0.2, 0.25) is 10.2 Å². The molecule has 1 aromatic heterocycles. The smallest absolute Gasteiger partial charge is 0.270 e. The number of hydrogen-bond donors (Lipinski definition) is 0. The van der Waals surface area contributed by atoms with Crippen molar-refractivity contribution in [3.8, 4) is 11.8 Å². The fourth-order valence-electron chi connectivity index (χ4n) is 1.24. The van der Waals surface area contributed by atoms with E-state index in [0.717, 1.165) is 11.5 Å². The van der Waals surface area contributed by atoms with Gasteiger partial charge in [0.25, 0.3) is 4.74 Å². The van der Waals surface area contributed by atoms with Crippen molar-refractivity contribution in [1.29, 1.82) is 5.26 Å². The number of hydrogen-bond acceptors (Lipinski definition) is 3. The summed E-state index contributed by atoms with van der Waals surface area (Å²) in [4.78, 5) is 11.3. The lowest BCUT2D eigenvalue weighted by Gasteiger charge is -2.04. The molecule has 0 aliphatic carbocycles. The number of halogens is 2. The molecule has 2 rings (SSSR count). The van der Waals surface area contributed by atoms with Crippen LogP contribution < -0.4 is 4.74 Å². The topological polar surface area (TPSA) is 45.8 Å². The number of nitrogens with zero attached hydrogens (tertiary/aromatic N) is 2. The van der Waals surface area contributed by atoms with Gasteiger partial charge in [0.2, 0.25) is 0 Å². The van der Waals surface area contributed by atoms with Gasteiger partial charge in [0.15, 0.2) is 0 Å². The number of para-hydroxylation sites is 1. The SMILES string of the molecule is N#Cc1ccccc1-n1sc(=O)c(Cl)c1Cl. The summed E-state index contributed by atoms with van der Waals surface area (Å²) in [6.45, 7) is 0. The molecule has 80 valence electrons. The predicted octanol–water partition coefficient (Wildman–Crippen LogP) is 3.08. The van der Waals surface area contributed by atoms with Gasteiger partial charge < -0.3 is 0 Å².